The van der Waals surface area contributed by atoms with E-state index in [0.717, 1.165) is 30.7 Å². The van der Waals surface area contributed by atoms with Crippen LogP contribution in [0.25, 0.3) is 16.9 Å². The largest absolute Gasteiger partial charge is 0.376 e. The van der Waals surface area contributed by atoms with Crippen LogP contribution in [0.4, 0.5) is 0 Å². The number of carbonyl (C=O) groups excluding carboxylic acids is 1. The van der Waals surface area contributed by atoms with Gasteiger partial charge in [0.2, 0.25) is 5.91 Å². The molecule has 3 aromatic rings. The lowest BCUT2D eigenvalue weighted by atomic mass is 10.2. The number of aryl methyl sites for hydroxylation is 1. The second kappa shape index (κ2) is 7.36. The Balaban J connectivity index is 1.64. The standard InChI is InChI=1S/C20H22N4O3/c1-14-6-8-15(9-7-14)24-19-17(5-2-10-21-19)23(20(24)26)13-18(25)22-12-16-4-3-11-27-16/h2,5-10,16H,3-4,11-13H2,1H3,(H,22,25). The highest BCUT2D eigenvalue weighted by Crippen LogP contribution is 2.16. The van der Waals surface area contributed by atoms with Gasteiger partial charge in [-0.05, 0) is 44.0 Å². The molecule has 1 aliphatic rings. The molecule has 2 aromatic heterocycles. The Bertz CT molecular complexity index is 1010. The molecular formula is C20H22N4O3. The zero-order chi connectivity index (χ0) is 18.8. The van der Waals surface area contributed by atoms with Crippen molar-refractivity contribution in [3.63, 3.8) is 0 Å². The fourth-order valence-electron chi connectivity index (χ4n) is 3.40. The van der Waals surface area contributed by atoms with E-state index >= 15 is 0 Å². The first kappa shape index (κ1) is 17.5. The summed E-state index contributed by atoms with van der Waals surface area (Å²) in [4.78, 5) is 29.8. The van der Waals surface area contributed by atoms with Crippen LogP contribution in [0.15, 0.2) is 47.4 Å². The fraction of sp³-hybridized carbons (Fsp3) is 0.350. The highest BCUT2D eigenvalue weighted by molar-refractivity contribution is 5.80. The van der Waals surface area contributed by atoms with Gasteiger partial charge in [0.15, 0.2) is 5.65 Å². The molecule has 7 nitrogen and oxygen atoms in total. The van der Waals surface area contributed by atoms with Crippen LogP contribution in [-0.2, 0) is 16.1 Å². The second-order valence-electron chi connectivity index (χ2n) is 6.82. The molecule has 0 radical (unpaired) electrons. The van der Waals surface area contributed by atoms with E-state index in [1.807, 2.05) is 37.3 Å². The molecular weight excluding hydrogens is 344 g/mol. The van der Waals surface area contributed by atoms with Gasteiger partial charge in [-0.15, -0.1) is 0 Å². The van der Waals surface area contributed by atoms with Crippen LogP contribution in [-0.4, -0.2) is 39.3 Å². The molecule has 0 spiro atoms. The van der Waals surface area contributed by atoms with Gasteiger partial charge in [-0.3, -0.25) is 9.36 Å². The Kier molecular flexibility index (Phi) is 4.77. The van der Waals surface area contributed by atoms with Crippen molar-refractivity contribution < 1.29 is 9.53 Å². The first-order chi connectivity index (χ1) is 13.1. The number of amides is 1. The molecule has 0 bridgehead atoms. The third kappa shape index (κ3) is 3.50. The molecule has 1 N–H and O–H groups in total. The number of nitrogens with zero attached hydrogens (tertiary/aromatic N) is 3. The summed E-state index contributed by atoms with van der Waals surface area (Å²) in [5.74, 6) is -0.209. The van der Waals surface area contributed by atoms with Gasteiger partial charge in [0.25, 0.3) is 0 Å². The molecule has 1 unspecified atom stereocenters. The Labute approximate surface area is 156 Å². The number of carbonyl (C=O) groups is 1. The number of rotatable bonds is 5. The molecule has 27 heavy (non-hydrogen) atoms. The van der Waals surface area contributed by atoms with E-state index in [1.165, 1.54) is 4.57 Å². The van der Waals surface area contributed by atoms with Crippen LogP contribution >= 0.6 is 0 Å². The van der Waals surface area contributed by atoms with E-state index in [9.17, 15) is 9.59 Å². The van der Waals surface area contributed by atoms with Crippen LogP contribution in [0.3, 0.4) is 0 Å². The molecule has 7 heteroatoms. The Morgan fingerprint density at radius 1 is 1.30 bits per heavy atom. The molecule has 1 aliphatic heterocycles. The minimum atomic E-state index is -0.278. The minimum absolute atomic E-state index is 0.0490. The lowest BCUT2D eigenvalue weighted by molar-refractivity contribution is -0.122. The van der Waals surface area contributed by atoms with E-state index in [-0.39, 0.29) is 24.2 Å². The van der Waals surface area contributed by atoms with Crippen molar-refractivity contribution in [2.45, 2.75) is 32.4 Å². The normalized spacial score (nSPS) is 16.7. The number of nitrogens with one attached hydrogen (secondary N) is 1. The summed E-state index contributed by atoms with van der Waals surface area (Å²) >= 11 is 0. The van der Waals surface area contributed by atoms with Crippen LogP contribution in [0.5, 0.6) is 0 Å². The van der Waals surface area contributed by atoms with Crippen molar-refractivity contribution in [1.29, 1.82) is 0 Å². The highest BCUT2D eigenvalue weighted by Gasteiger charge is 2.19. The van der Waals surface area contributed by atoms with Gasteiger partial charge in [0.1, 0.15) is 6.54 Å². The van der Waals surface area contributed by atoms with E-state index in [4.69, 9.17) is 4.74 Å². The lowest BCUT2D eigenvalue weighted by Gasteiger charge is -2.11. The Morgan fingerprint density at radius 3 is 2.85 bits per heavy atom. The van der Waals surface area contributed by atoms with Crippen LogP contribution in [0.2, 0.25) is 0 Å². The van der Waals surface area contributed by atoms with Crippen LogP contribution in [0.1, 0.15) is 18.4 Å². The number of aromatic nitrogens is 3. The Morgan fingerprint density at radius 2 is 2.11 bits per heavy atom. The zero-order valence-corrected chi connectivity index (χ0v) is 15.2. The average Bonchev–Trinajstić information content (AvgIpc) is 3.28. The molecule has 4 rings (SSSR count). The van der Waals surface area contributed by atoms with Gasteiger partial charge in [-0.25, -0.2) is 14.3 Å². The molecule has 3 heterocycles. The summed E-state index contributed by atoms with van der Waals surface area (Å²) in [5, 5.41) is 2.87. The molecule has 1 saturated heterocycles. The number of pyridine rings is 1. The first-order valence-corrected chi connectivity index (χ1v) is 9.15. The summed E-state index contributed by atoms with van der Waals surface area (Å²) in [6, 6.07) is 11.2. The van der Waals surface area contributed by atoms with Crippen molar-refractivity contribution in [2.24, 2.45) is 0 Å². The minimum Gasteiger partial charge on any atom is -0.376 e. The third-order valence-electron chi connectivity index (χ3n) is 4.84. The van der Waals surface area contributed by atoms with Crippen molar-refractivity contribution in [1.82, 2.24) is 19.4 Å². The SMILES string of the molecule is Cc1ccc(-n2c(=O)n(CC(=O)NCC3CCCO3)c3cccnc32)cc1. The molecule has 0 aliphatic carbocycles. The molecule has 1 fully saturated rings. The van der Waals surface area contributed by atoms with Gasteiger partial charge in [-0.2, -0.15) is 0 Å². The van der Waals surface area contributed by atoms with Gasteiger partial charge < -0.3 is 10.1 Å². The maximum atomic E-state index is 13.1. The molecule has 1 amide bonds. The topological polar surface area (TPSA) is 78.2 Å². The predicted octanol–water partition coefficient (Wildman–Crippen LogP) is 1.79. The quantitative estimate of drug-likeness (QED) is 0.747. The number of ether oxygens (including phenoxy) is 1. The van der Waals surface area contributed by atoms with E-state index in [0.29, 0.717) is 17.7 Å². The highest BCUT2D eigenvalue weighted by atomic mass is 16.5. The molecule has 1 aromatic carbocycles. The average molecular weight is 366 g/mol. The van der Waals surface area contributed by atoms with Gasteiger partial charge in [0.05, 0.1) is 17.3 Å². The van der Waals surface area contributed by atoms with E-state index in [1.54, 1.807) is 16.8 Å². The summed E-state index contributed by atoms with van der Waals surface area (Å²) in [6.07, 6.45) is 3.70. The van der Waals surface area contributed by atoms with Crippen molar-refractivity contribution in [3.05, 3.63) is 58.6 Å². The molecule has 1 atom stereocenters. The van der Waals surface area contributed by atoms with Crippen molar-refractivity contribution in [2.75, 3.05) is 13.2 Å². The summed E-state index contributed by atoms with van der Waals surface area (Å²) in [5.41, 5.74) is 2.73. The molecule has 140 valence electrons. The van der Waals surface area contributed by atoms with Crippen LogP contribution < -0.4 is 11.0 Å². The maximum absolute atomic E-state index is 13.1. The van der Waals surface area contributed by atoms with Crippen LogP contribution in [0, 0.1) is 6.92 Å². The number of fused-ring (bicyclic) bond motifs is 1. The number of hydrogen-bond acceptors (Lipinski definition) is 4. The van der Waals surface area contributed by atoms with Gasteiger partial charge >= 0.3 is 5.69 Å². The van der Waals surface area contributed by atoms with Crippen molar-refractivity contribution in [3.8, 4) is 5.69 Å². The fourth-order valence-corrected chi connectivity index (χ4v) is 3.40. The monoisotopic (exact) mass is 366 g/mol. The van der Waals surface area contributed by atoms with Gasteiger partial charge in [0, 0.05) is 19.3 Å². The predicted molar refractivity (Wildman–Crippen MR) is 102 cm³/mol. The van der Waals surface area contributed by atoms with E-state index in [2.05, 4.69) is 10.3 Å². The third-order valence-corrected chi connectivity index (χ3v) is 4.84. The first-order valence-electron chi connectivity index (χ1n) is 9.15. The number of imidazole rings is 1. The smallest absolute Gasteiger partial charge is 0.335 e. The summed E-state index contributed by atoms with van der Waals surface area (Å²) in [6.45, 7) is 3.16. The van der Waals surface area contributed by atoms with Gasteiger partial charge in [-0.1, -0.05) is 17.7 Å². The molecule has 0 saturated carbocycles. The maximum Gasteiger partial charge on any atom is 0.335 e. The number of benzene rings is 1. The zero-order valence-electron chi connectivity index (χ0n) is 15.2. The van der Waals surface area contributed by atoms with Crippen molar-refractivity contribution >= 4 is 17.1 Å². The van der Waals surface area contributed by atoms with E-state index < -0.39 is 0 Å². The second-order valence-corrected chi connectivity index (χ2v) is 6.82. The summed E-state index contributed by atoms with van der Waals surface area (Å²) < 4.78 is 8.53. The number of hydrogen-bond donors (Lipinski definition) is 1. The Hall–Kier alpha value is -2.93. The lowest BCUT2D eigenvalue weighted by Crippen LogP contribution is -2.36. The summed E-state index contributed by atoms with van der Waals surface area (Å²) in [7, 11) is 0.